The molecule has 0 amide bonds. The first-order chi connectivity index (χ1) is 13.6. The van der Waals surface area contributed by atoms with Crippen molar-refractivity contribution in [1.82, 2.24) is 14.3 Å². The maximum Gasteiger partial charge on any atom is 0.243 e. The topological polar surface area (TPSA) is 75.2 Å². The van der Waals surface area contributed by atoms with Crippen LogP contribution in [0.5, 0.6) is 0 Å². The molecule has 1 aromatic carbocycles. The van der Waals surface area contributed by atoms with Crippen LogP contribution in [-0.2, 0) is 16.4 Å². The predicted molar refractivity (Wildman–Crippen MR) is 112 cm³/mol. The van der Waals surface area contributed by atoms with Crippen molar-refractivity contribution in [2.75, 3.05) is 25.0 Å². The van der Waals surface area contributed by atoms with E-state index in [9.17, 15) is 8.42 Å². The molecule has 1 N–H and O–H groups in total. The Bertz CT molecular complexity index is 1010. The Balaban J connectivity index is 1.39. The number of nitrogens with zero attached hydrogens (tertiary/aromatic N) is 3. The van der Waals surface area contributed by atoms with E-state index < -0.39 is 10.0 Å². The zero-order valence-corrected chi connectivity index (χ0v) is 17.0. The first kappa shape index (κ1) is 19.0. The lowest BCUT2D eigenvalue weighted by Gasteiger charge is -2.15. The lowest BCUT2D eigenvalue weighted by Crippen LogP contribution is -2.27. The van der Waals surface area contributed by atoms with Crippen LogP contribution in [0.15, 0.2) is 58.9 Å². The quantitative estimate of drug-likeness (QED) is 0.639. The van der Waals surface area contributed by atoms with E-state index in [4.69, 9.17) is 0 Å². The Hall–Kier alpha value is -2.29. The van der Waals surface area contributed by atoms with E-state index in [0.717, 1.165) is 47.9 Å². The predicted octanol–water partition coefficient (Wildman–Crippen LogP) is 3.64. The number of sulfonamides is 1. The molecule has 0 atom stereocenters. The molecule has 1 fully saturated rings. The van der Waals surface area contributed by atoms with Gasteiger partial charge in [-0.1, -0.05) is 18.2 Å². The largest absolute Gasteiger partial charge is 0.361 e. The Morgan fingerprint density at radius 1 is 1.07 bits per heavy atom. The molecule has 3 heterocycles. The van der Waals surface area contributed by atoms with Gasteiger partial charge in [-0.15, -0.1) is 11.3 Å². The highest BCUT2D eigenvalue weighted by Gasteiger charge is 2.26. The molecule has 1 aliphatic heterocycles. The normalized spacial score (nSPS) is 15.0. The maximum atomic E-state index is 12.6. The molecule has 0 bridgehead atoms. The minimum Gasteiger partial charge on any atom is -0.361 e. The van der Waals surface area contributed by atoms with E-state index in [0.29, 0.717) is 18.0 Å². The summed E-state index contributed by atoms with van der Waals surface area (Å²) in [5, 5.41) is 6.15. The van der Waals surface area contributed by atoms with Gasteiger partial charge in [-0.25, -0.2) is 13.4 Å². The molecular formula is C20H22N4O2S2. The van der Waals surface area contributed by atoms with Crippen LogP contribution in [0.4, 0.5) is 5.13 Å². The second-order valence-corrected chi connectivity index (χ2v) is 9.47. The Kier molecular flexibility index (Phi) is 5.70. The van der Waals surface area contributed by atoms with Gasteiger partial charge in [0.2, 0.25) is 10.0 Å². The van der Waals surface area contributed by atoms with Gasteiger partial charge in [0.05, 0.1) is 10.6 Å². The van der Waals surface area contributed by atoms with Crippen molar-refractivity contribution in [1.29, 1.82) is 0 Å². The third kappa shape index (κ3) is 4.24. The molecule has 2 aromatic heterocycles. The van der Waals surface area contributed by atoms with Crippen molar-refractivity contribution in [2.45, 2.75) is 24.2 Å². The van der Waals surface area contributed by atoms with Crippen LogP contribution in [0.25, 0.3) is 11.3 Å². The van der Waals surface area contributed by atoms with Gasteiger partial charge in [0, 0.05) is 48.9 Å². The molecular weight excluding hydrogens is 392 g/mol. The first-order valence-corrected chi connectivity index (χ1v) is 11.6. The van der Waals surface area contributed by atoms with Crippen LogP contribution >= 0.6 is 11.3 Å². The summed E-state index contributed by atoms with van der Waals surface area (Å²) in [7, 11) is -3.37. The monoisotopic (exact) mass is 414 g/mol. The number of pyridine rings is 1. The van der Waals surface area contributed by atoms with Crippen LogP contribution in [0.2, 0.25) is 0 Å². The van der Waals surface area contributed by atoms with E-state index in [2.05, 4.69) is 15.3 Å². The van der Waals surface area contributed by atoms with Gasteiger partial charge >= 0.3 is 0 Å². The molecule has 0 aliphatic carbocycles. The fraction of sp³-hybridized carbons (Fsp3) is 0.300. The second kappa shape index (κ2) is 8.38. The molecule has 3 aromatic rings. The number of thiazole rings is 1. The molecule has 0 saturated carbocycles. The summed E-state index contributed by atoms with van der Waals surface area (Å²) < 4.78 is 26.8. The lowest BCUT2D eigenvalue weighted by molar-refractivity contribution is 0.477. The van der Waals surface area contributed by atoms with Gasteiger partial charge in [-0.05, 0) is 37.1 Å². The number of benzene rings is 1. The maximum absolute atomic E-state index is 12.6. The van der Waals surface area contributed by atoms with Crippen molar-refractivity contribution in [3.8, 4) is 11.3 Å². The summed E-state index contributed by atoms with van der Waals surface area (Å²) in [5.74, 6) is 0. The Morgan fingerprint density at radius 3 is 2.57 bits per heavy atom. The van der Waals surface area contributed by atoms with Gasteiger partial charge in [-0.3, -0.25) is 4.98 Å². The highest BCUT2D eigenvalue weighted by molar-refractivity contribution is 7.89. The SMILES string of the molecule is O=S(=O)(c1ccc(-c2csc(NCCc3ccccn3)n2)cc1)N1CCCC1. The van der Waals surface area contributed by atoms with E-state index in [1.54, 1.807) is 34.0 Å². The molecule has 1 saturated heterocycles. The highest BCUT2D eigenvalue weighted by atomic mass is 32.2. The van der Waals surface area contributed by atoms with Crippen molar-refractivity contribution in [3.63, 3.8) is 0 Å². The molecule has 4 rings (SSSR count). The summed E-state index contributed by atoms with van der Waals surface area (Å²) in [5.41, 5.74) is 2.80. The van der Waals surface area contributed by atoms with Crippen LogP contribution < -0.4 is 5.32 Å². The molecule has 0 unspecified atom stereocenters. The minimum absolute atomic E-state index is 0.349. The summed E-state index contributed by atoms with van der Waals surface area (Å²) in [6.07, 6.45) is 4.50. The fourth-order valence-corrected chi connectivity index (χ4v) is 5.47. The van der Waals surface area contributed by atoms with Crippen molar-refractivity contribution in [2.24, 2.45) is 0 Å². The minimum atomic E-state index is -3.37. The second-order valence-electron chi connectivity index (χ2n) is 6.67. The number of rotatable bonds is 7. The standard InChI is InChI=1S/C20H22N4O2S2/c25-28(26,24-13-3-4-14-24)18-8-6-16(7-9-18)19-15-27-20(23-19)22-12-10-17-5-1-2-11-21-17/h1-2,5-9,11,15H,3-4,10,12-14H2,(H,22,23). The summed E-state index contributed by atoms with van der Waals surface area (Å²) >= 11 is 1.54. The van der Waals surface area contributed by atoms with Crippen LogP contribution in [0, 0.1) is 0 Å². The zero-order valence-electron chi connectivity index (χ0n) is 15.4. The molecule has 8 heteroatoms. The molecule has 28 heavy (non-hydrogen) atoms. The van der Waals surface area contributed by atoms with Crippen molar-refractivity contribution < 1.29 is 8.42 Å². The van der Waals surface area contributed by atoms with Gasteiger partial charge in [0.15, 0.2) is 5.13 Å². The third-order valence-electron chi connectivity index (χ3n) is 4.74. The number of aromatic nitrogens is 2. The third-order valence-corrected chi connectivity index (χ3v) is 7.45. The number of hydrogen-bond donors (Lipinski definition) is 1. The van der Waals surface area contributed by atoms with E-state index in [-0.39, 0.29) is 0 Å². The van der Waals surface area contributed by atoms with E-state index in [1.165, 1.54) is 0 Å². The highest BCUT2D eigenvalue weighted by Crippen LogP contribution is 2.27. The average molecular weight is 415 g/mol. The van der Waals surface area contributed by atoms with Gasteiger partial charge in [0.25, 0.3) is 0 Å². The average Bonchev–Trinajstić information content (AvgIpc) is 3.42. The van der Waals surface area contributed by atoms with Gasteiger partial charge < -0.3 is 5.32 Å². The molecule has 0 radical (unpaired) electrons. The van der Waals surface area contributed by atoms with Crippen molar-refractivity contribution >= 4 is 26.5 Å². The fourth-order valence-electron chi connectivity index (χ4n) is 3.21. The lowest BCUT2D eigenvalue weighted by atomic mass is 10.2. The molecule has 1 aliphatic rings. The molecule has 0 spiro atoms. The van der Waals surface area contributed by atoms with Crippen LogP contribution in [-0.4, -0.2) is 42.3 Å². The summed E-state index contributed by atoms with van der Waals surface area (Å²) in [6, 6.07) is 12.9. The van der Waals surface area contributed by atoms with E-state index >= 15 is 0 Å². The Morgan fingerprint density at radius 2 is 1.86 bits per heavy atom. The smallest absolute Gasteiger partial charge is 0.243 e. The van der Waals surface area contributed by atoms with Gasteiger partial charge in [-0.2, -0.15) is 4.31 Å². The number of anilines is 1. The number of nitrogens with one attached hydrogen (secondary N) is 1. The summed E-state index contributed by atoms with van der Waals surface area (Å²) in [4.78, 5) is 9.27. The van der Waals surface area contributed by atoms with Crippen LogP contribution in [0.3, 0.4) is 0 Å². The molecule has 6 nitrogen and oxygen atoms in total. The van der Waals surface area contributed by atoms with E-state index in [1.807, 2.05) is 35.7 Å². The van der Waals surface area contributed by atoms with Crippen molar-refractivity contribution in [3.05, 3.63) is 59.7 Å². The number of hydrogen-bond acceptors (Lipinski definition) is 6. The van der Waals surface area contributed by atoms with Gasteiger partial charge in [0.1, 0.15) is 0 Å². The zero-order chi connectivity index (χ0) is 19.4. The van der Waals surface area contributed by atoms with Crippen LogP contribution in [0.1, 0.15) is 18.5 Å². The Labute approximate surface area is 169 Å². The first-order valence-electron chi connectivity index (χ1n) is 9.33. The summed E-state index contributed by atoms with van der Waals surface area (Å²) in [6.45, 7) is 1.99. The molecule has 146 valence electrons.